The Morgan fingerprint density at radius 3 is 2.74 bits per heavy atom. The molecule has 19 heavy (non-hydrogen) atoms. The molecule has 100 valence electrons. The van der Waals surface area contributed by atoms with Gasteiger partial charge in [0.05, 0.1) is 20.8 Å². The SMILES string of the molecule is CCCOc1ccccc1C(=O)c1cc(C)c(Br)s1. The molecule has 0 bridgehead atoms. The highest BCUT2D eigenvalue weighted by molar-refractivity contribution is 9.11. The summed E-state index contributed by atoms with van der Waals surface area (Å²) in [7, 11) is 0. The number of halogens is 1. The second-order valence-electron chi connectivity index (χ2n) is 4.24. The quantitative estimate of drug-likeness (QED) is 0.729. The van der Waals surface area contributed by atoms with E-state index < -0.39 is 0 Å². The number of aryl methyl sites for hydroxylation is 1. The van der Waals surface area contributed by atoms with Crippen molar-refractivity contribution in [2.45, 2.75) is 20.3 Å². The Morgan fingerprint density at radius 1 is 1.37 bits per heavy atom. The van der Waals surface area contributed by atoms with Gasteiger partial charge in [-0.15, -0.1) is 11.3 Å². The number of ketones is 1. The third kappa shape index (κ3) is 3.25. The average Bonchev–Trinajstić information content (AvgIpc) is 2.76. The van der Waals surface area contributed by atoms with Crippen molar-refractivity contribution in [3.05, 3.63) is 50.1 Å². The van der Waals surface area contributed by atoms with Gasteiger partial charge in [0.1, 0.15) is 5.75 Å². The van der Waals surface area contributed by atoms with Gasteiger partial charge in [-0.1, -0.05) is 19.1 Å². The third-order valence-electron chi connectivity index (χ3n) is 2.67. The molecule has 0 N–H and O–H groups in total. The molecule has 1 heterocycles. The minimum Gasteiger partial charge on any atom is -0.493 e. The number of para-hydroxylation sites is 1. The lowest BCUT2D eigenvalue weighted by Gasteiger charge is -2.08. The van der Waals surface area contributed by atoms with Crippen LogP contribution in [-0.2, 0) is 0 Å². The molecule has 0 amide bonds. The molecule has 0 saturated heterocycles. The van der Waals surface area contributed by atoms with Crippen LogP contribution in [0.2, 0.25) is 0 Å². The van der Waals surface area contributed by atoms with Crippen molar-refractivity contribution in [3.63, 3.8) is 0 Å². The number of rotatable bonds is 5. The van der Waals surface area contributed by atoms with Crippen molar-refractivity contribution in [3.8, 4) is 5.75 Å². The van der Waals surface area contributed by atoms with E-state index in [1.54, 1.807) is 0 Å². The lowest BCUT2D eigenvalue weighted by atomic mass is 10.1. The molecule has 0 fully saturated rings. The summed E-state index contributed by atoms with van der Waals surface area (Å²) < 4.78 is 6.64. The molecule has 0 radical (unpaired) electrons. The van der Waals surface area contributed by atoms with Crippen LogP contribution in [0, 0.1) is 6.92 Å². The van der Waals surface area contributed by atoms with Gasteiger partial charge in [0, 0.05) is 0 Å². The van der Waals surface area contributed by atoms with Gasteiger partial charge in [0.2, 0.25) is 5.78 Å². The van der Waals surface area contributed by atoms with Crippen molar-refractivity contribution in [1.29, 1.82) is 0 Å². The fourth-order valence-corrected chi connectivity index (χ4v) is 3.19. The summed E-state index contributed by atoms with van der Waals surface area (Å²) in [5.74, 6) is 0.682. The first-order valence-electron chi connectivity index (χ1n) is 6.16. The monoisotopic (exact) mass is 338 g/mol. The normalized spacial score (nSPS) is 10.5. The number of benzene rings is 1. The molecule has 0 aliphatic rings. The van der Waals surface area contributed by atoms with E-state index in [1.807, 2.05) is 44.2 Å². The number of hydrogen-bond donors (Lipinski definition) is 0. The van der Waals surface area contributed by atoms with E-state index in [0.29, 0.717) is 17.9 Å². The van der Waals surface area contributed by atoms with E-state index in [1.165, 1.54) is 11.3 Å². The Balaban J connectivity index is 2.33. The molecule has 0 aliphatic carbocycles. The van der Waals surface area contributed by atoms with Gasteiger partial charge in [-0.25, -0.2) is 0 Å². The molecular formula is C15H15BrO2S. The maximum Gasteiger partial charge on any atom is 0.206 e. The molecule has 0 spiro atoms. The fourth-order valence-electron chi connectivity index (χ4n) is 1.70. The topological polar surface area (TPSA) is 26.3 Å². The Morgan fingerprint density at radius 2 is 2.11 bits per heavy atom. The van der Waals surface area contributed by atoms with Crippen molar-refractivity contribution < 1.29 is 9.53 Å². The minimum absolute atomic E-state index is 0.0190. The van der Waals surface area contributed by atoms with Crippen LogP contribution in [0.25, 0.3) is 0 Å². The highest BCUT2D eigenvalue weighted by Gasteiger charge is 2.17. The largest absolute Gasteiger partial charge is 0.493 e. The molecule has 1 aromatic heterocycles. The zero-order chi connectivity index (χ0) is 13.8. The highest BCUT2D eigenvalue weighted by Crippen LogP contribution is 2.31. The second kappa shape index (κ2) is 6.35. The molecule has 0 saturated carbocycles. The summed E-state index contributed by atoms with van der Waals surface area (Å²) in [5, 5.41) is 0. The van der Waals surface area contributed by atoms with Crippen molar-refractivity contribution in [2.75, 3.05) is 6.61 Å². The van der Waals surface area contributed by atoms with Crippen LogP contribution in [-0.4, -0.2) is 12.4 Å². The summed E-state index contributed by atoms with van der Waals surface area (Å²) in [6, 6.07) is 9.32. The number of thiophene rings is 1. The summed E-state index contributed by atoms with van der Waals surface area (Å²) in [5.41, 5.74) is 1.71. The van der Waals surface area contributed by atoms with Crippen LogP contribution in [0.5, 0.6) is 5.75 Å². The van der Waals surface area contributed by atoms with Gasteiger partial charge in [-0.05, 0) is 53.0 Å². The molecule has 0 aliphatic heterocycles. The van der Waals surface area contributed by atoms with E-state index in [-0.39, 0.29) is 5.78 Å². The second-order valence-corrected chi connectivity index (χ2v) is 6.61. The van der Waals surface area contributed by atoms with Crippen molar-refractivity contribution >= 4 is 33.0 Å². The minimum atomic E-state index is 0.0190. The molecule has 4 heteroatoms. The molecule has 2 rings (SSSR count). The molecule has 2 aromatic rings. The first kappa shape index (κ1) is 14.3. The van der Waals surface area contributed by atoms with Crippen molar-refractivity contribution in [2.24, 2.45) is 0 Å². The van der Waals surface area contributed by atoms with Crippen LogP contribution in [0.1, 0.15) is 34.1 Å². The average molecular weight is 339 g/mol. The van der Waals surface area contributed by atoms with E-state index in [9.17, 15) is 4.79 Å². The van der Waals surface area contributed by atoms with Crippen molar-refractivity contribution in [1.82, 2.24) is 0 Å². The summed E-state index contributed by atoms with van der Waals surface area (Å²) in [6.45, 7) is 4.65. The summed E-state index contributed by atoms with van der Waals surface area (Å²) in [6.07, 6.45) is 0.923. The smallest absolute Gasteiger partial charge is 0.206 e. The van der Waals surface area contributed by atoms with Crippen LogP contribution in [0.15, 0.2) is 34.1 Å². The Kier molecular flexibility index (Phi) is 4.77. The van der Waals surface area contributed by atoms with Crippen LogP contribution in [0.4, 0.5) is 0 Å². The molecule has 0 unspecified atom stereocenters. The standard InChI is InChI=1S/C15H15BrO2S/c1-3-8-18-12-7-5-4-6-11(12)14(17)13-9-10(2)15(16)19-13/h4-7,9H,3,8H2,1-2H3. The van der Waals surface area contributed by atoms with Crippen LogP contribution >= 0.6 is 27.3 Å². The van der Waals surface area contributed by atoms with Gasteiger partial charge in [-0.2, -0.15) is 0 Å². The van der Waals surface area contributed by atoms with E-state index in [4.69, 9.17) is 4.74 Å². The number of carbonyl (C=O) groups excluding carboxylic acids is 1. The van der Waals surface area contributed by atoms with Crippen LogP contribution < -0.4 is 4.74 Å². The summed E-state index contributed by atoms with van der Waals surface area (Å²) >= 11 is 4.91. The maximum absolute atomic E-state index is 12.5. The third-order valence-corrected chi connectivity index (χ3v) is 4.81. The lowest BCUT2D eigenvalue weighted by Crippen LogP contribution is -2.04. The molecule has 2 nitrogen and oxygen atoms in total. The predicted molar refractivity (Wildman–Crippen MR) is 82.4 cm³/mol. The van der Waals surface area contributed by atoms with Crippen LogP contribution in [0.3, 0.4) is 0 Å². The zero-order valence-corrected chi connectivity index (χ0v) is 13.3. The van der Waals surface area contributed by atoms with Gasteiger partial charge >= 0.3 is 0 Å². The Bertz CT molecular complexity index is 570. The van der Waals surface area contributed by atoms with E-state index in [2.05, 4.69) is 15.9 Å². The van der Waals surface area contributed by atoms with Gasteiger partial charge in [-0.3, -0.25) is 4.79 Å². The van der Waals surface area contributed by atoms with Gasteiger partial charge in [0.15, 0.2) is 0 Å². The van der Waals surface area contributed by atoms with E-state index in [0.717, 1.165) is 20.6 Å². The first-order valence-corrected chi connectivity index (χ1v) is 7.77. The first-order chi connectivity index (χ1) is 9.13. The fraction of sp³-hybridized carbons (Fsp3) is 0.267. The molecule has 0 atom stereocenters. The maximum atomic E-state index is 12.5. The summed E-state index contributed by atoms with van der Waals surface area (Å²) in [4.78, 5) is 13.2. The highest BCUT2D eigenvalue weighted by atomic mass is 79.9. The number of hydrogen-bond acceptors (Lipinski definition) is 3. The molecule has 1 aromatic carbocycles. The zero-order valence-electron chi connectivity index (χ0n) is 10.9. The lowest BCUT2D eigenvalue weighted by molar-refractivity contribution is 0.103. The number of carbonyl (C=O) groups is 1. The molecular weight excluding hydrogens is 324 g/mol. The predicted octanol–water partition coefficient (Wildman–Crippen LogP) is 4.84. The number of ether oxygens (including phenoxy) is 1. The van der Waals surface area contributed by atoms with Gasteiger partial charge < -0.3 is 4.74 Å². The van der Waals surface area contributed by atoms with E-state index >= 15 is 0 Å². The Labute approximate surface area is 125 Å². The van der Waals surface area contributed by atoms with Gasteiger partial charge in [0.25, 0.3) is 0 Å². The Hall–Kier alpha value is -1.13.